The van der Waals surface area contributed by atoms with Gasteiger partial charge in [-0.05, 0) is 31.9 Å². The highest BCUT2D eigenvalue weighted by atomic mass is 79.9. The van der Waals surface area contributed by atoms with E-state index in [0.29, 0.717) is 12.8 Å². The number of halogens is 1. The number of ether oxygens (including phenoxy) is 1. The average Bonchev–Trinajstić information content (AvgIpc) is 2.63. The molecule has 0 radical (unpaired) electrons. The third-order valence-corrected chi connectivity index (χ3v) is 9.18. The number of hydrogen-bond acceptors (Lipinski definition) is 5. The van der Waals surface area contributed by atoms with Gasteiger partial charge in [0.15, 0.2) is 9.84 Å². The Bertz CT molecular complexity index is 787. The molecule has 1 aliphatic carbocycles. The van der Waals surface area contributed by atoms with Crippen molar-refractivity contribution in [2.75, 3.05) is 5.75 Å². The fourth-order valence-electron chi connectivity index (χ4n) is 4.57. The van der Waals surface area contributed by atoms with E-state index in [-0.39, 0.29) is 10.6 Å². The van der Waals surface area contributed by atoms with E-state index in [4.69, 9.17) is 4.74 Å². The first-order valence-corrected chi connectivity index (χ1v) is 10.9. The van der Waals surface area contributed by atoms with Crippen LogP contribution in [0.4, 0.5) is 0 Å². The molecule has 7 heteroatoms. The quantitative estimate of drug-likeness (QED) is 0.586. The molecule has 1 saturated carbocycles. The maximum Gasteiger partial charge on any atom is 0.313 e. The third kappa shape index (κ3) is 2.75. The van der Waals surface area contributed by atoms with Gasteiger partial charge in [0.1, 0.15) is 5.60 Å². The van der Waals surface area contributed by atoms with Gasteiger partial charge in [-0.2, -0.15) is 0 Å². The van der Waals surface area contributed by atoms with Gasteiger partial charge in [-0.15, -0.1) is 0 Å². The van der Waals surface area contributed by atoms with Crippen molar-refractivity contribution < 1.29 is 23.1 Å². The fraction of sp³-hybridized carbons (Fsp3) is 0.611. The molecular weight excluding hydrogens is 408 g/mol. The zero-order valence-electron chi connectivity index (χ0n) is 14.5. The van der Waals surface area contributed by atoms with Crippen molar-refractivity contribution in [2.24, 2.45) is 11.3 Å². The van der Waals surface area contributed by atoms with Crippen LogP contribution in [0.3, 0.4) is 0 Å². The Morgan fingerprint density at radius 1 is 1.24 bits per heavy atom. The Balaban J connectivity index is 1.95. The number of carbonyl (C=O) groups excluding carboxylic acids is 1. The van der Waals surface area contributed by atoms with Gasteiger partial charge in [0, 0.05) is 5.41 Å². The summed E-state index contributed by atoms with van der Waals surface area (Å²) in [4.78, 5) is 12.2. The topological polar surface area (TPSA) is 80.7 Å². The molecule has 2 aliphatic rings. The second kappa shape index (κ2) is 5.79. The van der Waals surface area contributed by atoms with Gasteiger partial charge in [-0.1, -0.05) is 48.0 Å². The molecule has 1 aliphatic heterocycles. The van der Waals surface area contributed by atoms with Crippen LogP contribution < -0.4 is 0 Å². The molecule has 138 valence electrons. The molecule has 0 spiro atoms. The molecule has 2 fully saturated rings. The number of carbonyl (C=O) groups is 1. The Hall–Kier alpha value is -0.920. The van der Waals surface area contributed by atoms with Crippen molar-refractivity contribution in [3.8, 4) is 0 Å². The van der Waals surface area contributed by atoms with Crippen LogP contribution in [0.15, 0.2) is 35.2 Å². The first kappa shape index (κ1) is 18.9. The van der Waals surface area contributed by atoms with E-state index in [2.05, 4.69) is 15.9 Å². The lowest BCUT2D eigenvalue weighted by molar-refractivity contribution is -0.151. The Kier molecular flexibility index (Phi) is 4.37. The van der Waals surface area contributed by atoms with Gasteiger partial charge in [-0.3, -0.25) is 4.79 Å². The summed E-state index contributed by atoms with van der Waals surface area (Å²) in [7, 11) is -3.54. The highest BCUT2D eigenvalue weighted by Crippen LogP contribution is 2.61. The van der Waals surface area contributed by atoms with Crippen LogP contribution in [0.1, 0.15) is 33.6 Å². The SMILES string of the molecule is CC1(O)CC[C@]2(C(Br)CS(=O)(=O)c3ccccc3)OC(=O)[C@H]1C2(C)C. The number of fused-ring (bicyclic) bond motifs is 2. The second-order valence-electron chi connectivity index (χ2n) is 7.88. The average molecular weight is 431 g/mol. The minimum atomic E-state index is -3.54. The van der Waals surface area contributed by atoms with Crippen molar-refractivity contribution in [3.05, 3.63) is 30.3 Å². The first-order chi connectivity index (χ1) is 11.4. The minimum absolute atomic E-state index is 0.178. The highest BCUT2D eigenvalue weighted by molar-refractivity contribution is 9.09. The van der Waals surface area contributed by atoms with Gasteiger partial charge in [0.25, 0.3) is 0 Å². The number of aliphatic hydroxyl groups is 1. The summed E-state index contributed by atoms with van der Waals surface area (Å²) in [6.45, 7) is 5.40. The Morgan fingerprint density at radius 2 is 1.84 bits per heavy atom. The summed E-state index contributed by atoms with van der Waals surface area (Å²) in [5, 5.41) is 10.6. The number of rotatable bonds is 4. The smallest absolute Gasteiger partial charge is 0.313 e. The molecule has 4 atom stereocenters. The maximum atomic E-state index is 12.8. The lowest BCUT2D eigenvalue weighted by Crippen LogP contribution is -2.60. The van der Waals surface area contributed by atoms with Gasteiger partial charge in [-0.25, -0.2) is 8.42 Å². The normalized spacial score (nSPS) is 35.2. The molecule has 2 bridgehead atoms. The molecule has 1 N–H and O–H groups in total. The van der Waals surface area contributed by atoms with E-state index < -0.39 is 43.2 Å². The van der Waals surface area contributed by atoms with Crippen LogP contribution in [0, 0.1) is 11.3 Å². The standard InChI is InChI=1S/C18H23BrO5S/c1-16(2)14-15(20)24-18(16,10-9-17(14,3)21)13(19)11-25(22,23)12-7-5-4-6-8-12/h4-8,13-14,21H,9-11H2,1-3H3/t13?,14-,17?,18+/m0/s1. The number of sulfone groups is 1. The molecular formula is C18H23BrO5S. The van der Waals surface area contributed by atoms with Crippen LogP contribution in [0.25, 0.3) is 0 Å². The van der Waals surface area contributed by atoms with Crippen LogP contribution >= 0.6 is 15.9 Å². The molecule has 2 unspecified atom stereocenters. The van der Waals surface area contributed by atoms with Crippen molar-refractivity contribution in [1.29, 1.82) is 0 Å². The van der Waals surface area contributed by atoms with E-state index in [1.807, 2.05) is 13.8 Å². The molecule has 1 aromatic carbocycles. The van der Waals surface area contributed by atoms with E-state index in [1.165, 1.54) is 0 Å². The summed E-state index contributed by atoms with van der Waals surface area (Å²) in [6, 6.07) is 8.25. The van der Waals surface area contributed by atoms with E-state index in [0.717, 1.165) is 0 Å². The molecule has 25 heavy (non-hydrogen) atoms. The van der Waals surface area contributed by atoms with Gasteiger partial charge >= 0.3 is 5.97 Å². The molecule has 3 rings (SSSR count). The number of hydrogen-bond donors (Lipinski definition) is 1. The zero-order valence-corrected chi connectivity index (χ0v) is 16.9. The van der Waals surface area contributed by atoms with Crippen LogP contribution in [-0.4, -0.2) is 41.3 Å². The zero-order chi connectivity index (χ0) is 18.7. The molecule has 1 heterocycles. The van der Waals surface area contributed by atoms with Gasteiger partial charge < -0.3 is 9.84 Å². The van der Waals surface area contributed by atoms with Crippen molar-refractivity contribution in [3.63, 3.8) is 0 Å². The van der Waals surface area contributed by atoms with E-state index in [1.54, 1.807) is 37.3 Å². The summed E-state index contributed by atoms with van der Waals surface area (Å²) in [5.74, 6) is -1.30. The van der Waals surface area contributed by atoms with Crippen LogP contribution in [0.5, 0.6) is 0 Å². The molecule has 0 aromatic heterocycles. The predicted molar refractivity (Wildman–Crippen MR) is 97.2 cm³/mol. The van der Waals surface area contributed by atoms with Gasteiger partial charge in [0.2, 0.25) is 0 Å². The summed E-state index contributed by atoms with van der Waals surface area (Å²) in [5.41, 5.74) is -2.79. The predicted octanol–water partition coefficient (Wildman–Crippen LogP) is 2.71. The largest absolute Gasteiger partial charge is 0.457 e. The maximum absolute atomic E-state index is 12.8. The van der Waals surface area contributed by atoms with Crippen molar-refractivity contribution in [1.82, 2.24) is 0 Å². The highest BCUT2D eigenvalue weighted by Gasteiger charge is 2.71. The number of esters is 1. The fourth-order valence-corrected chi connectivity index (χ4v) is 7.95. The summed E-state index contributed by atoms with van der Waals surface area (Å²) in [6.07, 6.45) is 0.801. The lowest BCUT2D eigenvalue weighted by Gasteiger charge is -2.51. The van der Waals surface area contributed by atoms with E-state index in [9.17, 15) is 18.3 Å². The minimum Gasteiger partial charge on any atom is -0.457 e. The third-order valence-electron chi connectivity index (χ3n) is 5.93. The Morgan fingerprint density at radius 3 is 2.44 bits per heavy atom. The monoisotopic (exact) mass is 430 g/mol. The van der Waals surface area contributed by atoms with Crippen LogP contribution in [-0.2, 0) is 19.4 Å². The second-order valence-corrected chi connectivity index (χ2v) is 11.0. The number of benzene rings is 1. The summed E-state index contributed by atoms with van der Waals surface area (Å²) < 4.78 is 31.3. The van der Waals surface area contributed by atoms with Gasteiger partial charge in [0.05, 0.1) is 27.0 Å². The van der Waals surface area contributed by atoms with E-state index >= 15 is 0 Å². The van der Waals surface area contributed by atoms with Crippen LogP contribution in [0.2, 0.25) is 0 Å². The first-order valence-electron chi connectivity index (χ1n) is 8.31. The Labute approximate surface area is 156 Å². The number of alkyl halides is 1. The van der Waals surface area contributed by atoms with Crippen molar-refractivity contribution >= 4 is 31.7 Å². The lowest BCUT2D eigenvalue weighted by atomic mass is 9.56. The molecule has 5 nitrogen and oxygen atoms in total. The summed E-state index contributed by atoms with van der Waals surface area (Å²) >= 11 is 3.52. The van der Waals surface area contributed by atoms with Crippen molar-refractivity contribution in [2.45, 2.75) is 54.5 Å². The molecule has 0 amide bonds. The molecule has 1 saturated heterocycles. The molecule has 1 aromatic rings.